The summed E-state index contributed by atoms with van der Waals surface area (Å²) in [6.45, 7) is 3.87. The van der Waals surface area contributed by atoms with Gasteiger partial charge in [-0.15, -0.1) is 0 Å². The SMILES string of the molecule is CCC(=C(c1ccc(OC(CN(C)C)CN(C)C)cc1)c1ccc(OP(=O)(O)O)cc1)c1ccc2c(c1)OCO2. The highest BCUT2D eigenvalue weighted by atomic mass is 31.2. The van der Waals surface area contributed by atoms with Gasteiger partial charge in [0.05, 0.1) is 0 Å². The predicted octanol–water partition coefficient (Wildman–Crippen LogP) is 5.13. The zero-order chi connectivity index (χ0) is 28.9. The van der Waals surface area contributed by atoms with E-state index in [1.54, 1.807) is 24.3 Å². The first kappa shape index (κ1) is 29.6. The lowest BCUT2D eigenvalue weighted by atomic mass is 9.88. The number of phosphoric ester groups is 1. The Kier molecular flexibility index (Phi) is 9.56. The topological polar surface area (TPSA) is 101 Å². The van der Waals surface area contributed by atoms with Crippen molar-refractivity contribution in [3.63, 3.8) is 0 Å². The van der Waals surface area contributed by atoms with Gasteiger partial charge in [0.15, 0.2) is 11.5 Å². The summed E-state index contributed by atoms with van der Waals surface area (Å²) in [7, 11) is 3.47. The molecule has 3 aromatic rings. The van der Waals surface area contributed by atoms with Crippen LogP contribution < -0.4 is 18.7 Å². The van der Waals surface area contributed by atoms with E-state index in [1.165, 1.54) is 0 Å². The van der Waals surface area contributed by atoms with Gasteiger partial charge in [-0.05, 0) is 98.8 Å². The lowest BCUT2D eigenvalue weighted by Crippen LogP contribution is -2.38. The van der Waals surface area contributed by atoms with Gasteiger partial charge in [0.1, 0.15) is 17.6 Å². The lowest BCUT2D eigenvalue weighted by Gasteiger charge is -2.25. The molecule has 0 fully saturated rings. The van der Waals surface area contributed by atoms with E-state index in [9.17, 15) is 14.4 Å². The summed E-state index contributed by atoms with van der Waals surface area (Å²) in [6, 6.07) is 20.7. The molecule has 10 heteroatoms. The smallest absolute Gasteiger partial charge is 0.488 e. The molecule has 0 bridgehead atoms. The second-order valence-corrected chi connectivity index (χ2v) is 11.3. The molecular weight excluding hydrogens is 531 g/mol. The monoisotopic (exact) mass is 568 g/mol. The van der Waals surface area contributed by atoms with E-state index in [0.717, 1.165) is 53.1 Å². The van der Waals surface area contributed by atoms with Gasteiger partial charge in [-0.3, -0.25) is 9.79 Å². The van der Waals surface area contributed by atoms with Crippen LogP contribution in [0.2, 0.25) is 0 Å². The van der Waals surface area contributed by atoms with Crippen molar-refractivity contribution in [3.8, 4) is 23.0 Å². The molecule has 0 saturated carbocycles. The molecule has 2 N–H and O–H groups in total. The Morgan fingerprint density at radius 3 is 1.88 bits per heavy atom. The van der Waals surface area contributed by atoms with E-state index >= 15 is 0 Å². The average molecular weight is 569 g/mol. The van der Waals surface area contributed by atoms with Gasteiger partial charge in [-0.25, -0.2) is 4.57 Å². The Hall–Kier alpha value is -3.33. The second-order valence-electron chi connectivity index (χ2n) is 10.2. The molecular formula is C30H37N2O7P. The summed E-state index contributed by atoms with van der Waals surface area (Å²) in [6.07, 6.45) is 0.731. The molecule has 0 aromatic heterocycles. The van der Waals surface area contributed by atoms with Crippen molar-refractivity contribution >= 4 is 19.0 Å². The van der Waals surface area contributed by atoms with Crippen LogP contribution in [0.1, 0.15) is 30.0 Å². The highest BCUT2D eigenvalue weighted by molar-refractivity contribution is 7.46. The third kappa shape index (κ3) is 7.87. The van der Waals surface area contributed by atoms with Crippen LogP contribution in [0, 0.1) is 0 Å². The summed E-state index contributed by atoms with van der Waals surface area (Å²) >= 11 is 0. The number of hydrogen-bond acceptors (Lipinski definition) is 7. The second kappa shape index (κ2) is 12.9. The zero-order valence-electron chi connectivity index (χ0n) is 23.5. The number of rotatable bonds is 12. The summed E-state index contributed by atoms with van der Waals surface area (Å²) in [5, 5.41) is 0. The van der Waals surface area contributed by atoms with Crippen LogP contribution >= 0.6 is 7.82 Å². The van der Waals surface area contributed by atoms with E-state index in [1.807, 2.05) is 70.7 Å². The Morgan fingerprint density at radius 2 is 1.35 bits per heavy atom. The van der Waals surface area contributed by atoms with Crippen molar-refractivity contribution in [2.24, 2.45) is 0 Å². The Morgan fingerprint density at radius 1 is 0.825 bits per heavy atom. The van der Waals surface area contributed by atoms with Crippen molar-refractivity contribution < 1.29 is 33.1 Å². The number of benzene rings is 3. The van der Waals surface area contributed by atoms with Crippen LogP contribution in [-0.2, 0) is 4.57 Å². The fraction of sp³-hybridized carbons (Fsp3) is 0.333. The molecule has 0 aliphatic carbocycles. The minimum Gasteiger partial charge on any atom is -0.488 e. The summed E-state index contributed by atoms with van der Waals surface area (Å²) in [5.41, 5.74) is 4.90. The first-order chi connectivity index (χ1) is 19.0. The highest BCUT2D eigenvalue weighted by Gasteiger charge is 2.20. The van der Waals surface area contributed by atoms with Gasteiger partial charge in [0.2, 0.25) is 6.79 Å². The predicted molar refractivity (Wildman–Crippen MR) is 156 cm³/mol. The molecule has 214 valence electrons. The Labute approximate surface area is 235 Å². The van der Waals surface area contributed by atoms with Crippen molar-refractivity contribution in [1.82, 2.24) is 9.80 Å². The molecule has 40 heavy (non-hydrogen) atoms. The van der Waals surface area contributed by atoms with Crippen LogP contribution in [0.3, 0.4) is 0 Å². The lowest BCUT2D eigenvalue weighted by molar-refractivity contribution is 0.128. The molecule has 0 atom stereocenters. The third-order valence-corrected chi connectivity index (χ3v) is 6.78. The number of hydrogen-bond donors (Lipinski definition) is 2. The summed E-state index contributed by atoms with van der Waals surface area (Å²) < 4.78 is 33.6. The van der Waals surface area contributed by atoms with Crippen molar-refractivity contribution in [2.45, 2.75) is 19.4 Å². The number of ether oxygens (including phenoxy) is 3. The molecule has 0 saturated heterocycles. The Bertz CT molecular complexity index is 1360. The standard InChI is InChI=1S/C30H37N2O7P/c1-6-27(23-11-16-28-29(17-23)37-20-36-28)30(22-9-14-25(15-10-22)39-40(33,34)35)21-7-12-24(13-8-21)38-26(18-31(2)3)19-32(4)5/h7-17,26H,6,18-20H2,1-5H3,(H2,33,34,35). The van der Waals surface area contributed by atoms with E-state index in [4.69, 9.17) is 18.7 Å². The number of phosphoric acid groups is 1. The maximum atomic E-state index is 11.3. The van der Waals surface area contributed by atoms with E-state index in [2.05, 4.69) is 16.7 Å². The largest absolute Gasteiger partial charge is 0.524 e. The number of allylic oxidation sites excluding steroid dienone is 1. The molecule has 0 radical (unpaired) electrons. The molecule has 1 heterocycles. The summed E-state index contributed by atoms with van der Waals surface area (Å²) in [5.74, 6) is 2.29. The van der Waals surface area contributed by atoms with Gasteiger partial charge in [0, 0.05) is 13.1 Å². The maximum absolute atomic E-state index is 11.3. The molecule has 0 unspecified atom stereocenters. The minimum atomic E-state index is -4.66. The van der Waals surface area contributed by atoms with Crippen molar-refractivity contribution in [2.75, 3.05) is 48.1 Å². The van der Waals surface area contributed by atoms with Gasteiger partial charge in [0.25, 0.3) is 0 Å². The normalized spacial score (nSPS) is 13.7. The maximum Gasteiger partial charge on any atom is 0.524 e. The van der Waals surface area contributed by atoms with Crippen LogP contribution in [0.25, 0.3) is 11.1 Å². The molecule has 9 nitrogen and oxygen atoms in total. The van der Waals surface area contributed by atoms with Crippen LogP contribution in [-0.4, -0.2) is 73.8 Å². The van der Waals surface area contributed by atoms with Gasteiger partial charge in [-0.2, -0.15) is 0 Å². The molecule has 1 aliphatic rings. The van der Waals surface area contributed by atoms with Gasteiger partial charge >= 0.3 is 7.82 Å². The highest BCUT2D eigenvalue weighted by Crippen LogP contribution is 2.41. The van der Waals surface area contributed by atoms with E-state index in [0.29, 0.717) is 11.5 Å². The number of fused-ring (bicyclic) bond motifs is 1. The minimum absolute atomic E-state index is 0.00673. The Balaban J connectivity index is 1.74. The quantitative estimate of drug-likeness (QED) is 0.228. The van der Waals surface area contributed by atoms with Crippen molar-refractivity contribution in [3.05, 3.63) is 83.4 Å². The van der Waals surface area contributed by atoms with Crippen molar-refractivity contribution in [1.29, 1.82) is 0 Å². The molecule has 0 amide bonds. The fourth-order valence-electron chi connectivity index (χ4n) is 4.78. The van der Waals surface area contributed by atoms with Gasteiger partial charge in [-0.1, -0.05) is 37.3 Å². The first-order valence-electron chi connectivity index (χ1n) is 13.1. The zero-order valence-corrected chi connectivity index (χ0v) is 24.4. The van der Waals surface area contributed by atoms with Gasteiger partial charge < -0.3 is 28.5 Å². The molecule has 4 rings (SSSR count). The molecule has 3 aromatic carbocycles. The molecule has 0 spiro atoms. The first-order valence-corrected chi connectivity index (χ1v) is 14.6. The van der Waals surface area contributed by atoms with E-state index in [-0.39, 0.29) is 18.6 Å². The van der Waals surface area contributed by atoms with Crippen LogP contribution in [0.15, 0.2) is 66.7 Å². The average Bonchev–Trinajstić information content (AvgIpc) is 3.35. The summed E-state index contributed by atoms with van der Waals surface area (Å²) in [4.78, 5) is 22.6. The fourth-order valence-corrected chi connectivity index (χ4v) is 5.18. The van der Waals surface area contributed by atoms with Crippen LogP contribution in [0.5, 0.6) is 23.0 Å². The number of nitrogens with zero attached hydrogens (tertiary/aromatic N) is 2. The molecule has 1 aliphatic heterocycles. The van der Waals surface area contributed by atoms with E-state index < -0.39 is 7.82 Å². The third-order valence-electron chi connectivity index (χ3n) is 6.33. The number of likely N-dealkylation sites (N-methyl/N-ethyl adjacent to an activating group) is 2. The van der Waals surface area contributed by atoms with Crippen LogP contribution in [0.4, 0.5) is 0 Å².